The number of aromatic nitrogens is 2. The second-order valence-electron chi connectivity index (χ2n) is 3.29. The van der Waals surface area contributed by atoms with Crippen LogP contribution < -0.4 is 0 Å². The number of nitrogens with zero attached hydrogens (tertiary/aromatic N) is 2. The Kier molecular flexibility index (Phi) is 1.39. The third kappa shape index (κ3) is 1.23. The molecule has 1 heterocycles. The van der Waals surface area contributed by atoms with Crippen LogP contribution in [-0.2, 0) is 5.41 Å². The van der Waals surface area contributed by atoms with Gasteiger partial charge in [0.2, 0.25) is 0 Å². The van der Waals surface area contributed by atoms with Crippen molar-refractivity contribution in [3.8, 4) is 0 Å². The molecule has 0 N–H and O–H groups in total. The van der Waals surface area contributed by atoms with Gasteiger partial charge in [-0.25, -0.2) is 9.97 Å². The molecule has 11 heavy (non-hydrogen) atoms. The molecule has 1 saturated carbocycles. The van der Waals surface area contributed by atoms with Crippen molar-refractivity contribution in [3.63, 3.8) is 0 Å². The highest BCUT2D eigenvalue weighted by molar-refractivity contribution is 6.29. The lowest BCUT2D eigenvalue weighted by Crippen LogP contribution is -2.02. The van der Waals surface area contributed by atoms with Gasteiger partial charge in [0.15, 0.2) is 0 Å². The van der Waals surface area contributed by atoms with Crippen LogP contribution in [0.5, 0.6) is 0 Å². The molecule has 58 valence electrons. The minimum atomic E-state index is 0.298. The molecule has 0 spiro atoms. The van der Waals surface area contributed by atoms with E-state index in [2.05, 4.69) is 16.9 Å². The van der Waals surface area contributed by atoms with Crippen molar-refractivity contribution in [3.05, 3.63) is 23.2 Å². The van der Waals surface area contributed by atoms with Gasteiger partial charge in [0, 0.05) is 5.41 Å². The second kappa shape index (κ2) is 2.18. The molecule has 2 rings (SSSR count). The van der Waals surface area contributed by atoms with Crippen molar-refractivity contribution in [2.45, 2.75) is 25.2 Å². The smallest absolute Gasteiger partial charge is 0.132 e. The summed E-state index contributed by atoms with van der Waals surface area (Å²) in [6, 6.07) is 1.86. The number of halogens is 1. The van der Waals surface area contributed by atoms with Crippen LogP contribution in [-0.4, -0.2) is 9.97 Å². The maximum Gasteiger partial charge on any atom is 0.132 e. The molecule has 0 aliphatic heterocycles. The van der Waals surface area contributed by atoms with Gasteiger partial charge in [-0.05, 0) is 18.9 Å². The standard InChI is InChI=1S/C8H9ClN2/c1-8(2-3-8)6-4-7(9)11-5-10-6/h4-5H,2-3H2,1H3. The summed E-state index contributed by atoms with van der Waals surface area (Å²) in [7, 11) is 0. The van der Waals surface area contributed by atoms with Gasteiger partial charge in [0.25, 0.3) is 0 Å². The highest BCUT2D eigenvalue weighted by Crippen LogP contribution is 2.46. The lowest BCUT2D eigenvalue weighted by molar-refractivity contribution is 0.744. The fourth-order valence-corrected chi connectivity index (χ4v) is 1.25. The van der Waals surface area contributed by atoms with Crippen molar-refractivity contribution in [1.29, 1.82) is 0 Å². The van der Waals surface area contributed by atoms with E-state index in [1.54, 1.807) is 0 Å². The van der Waals surface area contributed by atoms with E-state index < -0.39 is 0 Å². The van der Waals surface area contributed by atoms with Gasteiger partial charge in [0.05, 0.1) is 5.69 Å². The summed E-state index contributed by atoms with van der Waals surface area (Å²) in [4.78, 5) is 8.01. The molecule has 1 fully saturated rings. The van der Waals surface area contributed by atoms with Crippen LogP contribution in [0.4, 0.5) is 0 Å². The average Bonchev–Trinajstić information content (AvgIpc) is 2.70. The number of rotatable bonds is 1. The summed E-state index contributed by atoms with van der Waals surface area (Å²) in [6.07, 6.45) is 3.97. The molecule has 0 bridgehead atoms. The Hall–Kier alpha value is -0.630. The summed E-state index contributed by atoms with van der Waals surface area (Å²) in [5.41, 5.74) is 1.38. The van der Waals surface area contributed by atoms with Crippen LogP contribution in [0, 0.1) is 0 Å². The molecule has 3 heteroatoms. The molecule has 0 radical (unpaired) electrons. The van der Waals surface area contributed by atoms with Crippen LogP contribution in [0.1, 0.15) is 25.5 Å². The SMILES string of the molecule is CC1(c2cc(Cl)ncn2)CC1. The molecule has 0 unspecified atom stereocenters. The first-order valence-corrected chi connectivity index (χ1v) is 4.07. The van der Waals surface area contributed by atoms with Crippen LogP contribution >= 0.6 is 11.6 Å². The molecular weight excluding hydrogens is 160 g/mol. The molecule has 0 amide bonds. The lowest BCUT2D eigenvalue weighted by Gasteiger charge is -2.05. The van der Waals surface area contributed by atoms with Gasteiger partial charge in [-0.2, -0.15) is 0 Å². The topological polar surface area (TPSA) is 25.8 Å². The van der Waals surface area contributed by atoms with E-state index in [-0.39, 0.29) is 0 Å². The summed E-state index contributed by atoms with van der Waals surface area (Å²) >= 11 is 5.73. The lowest BCUT2D eigenvalue weighted by atomic mass is 10.1. The minimum absolute atomic E-state index is 0.298. The summed E-state index contributed by atoms with van der Waals surface area (Å²) in [5.74, 6) is 0. The quantitative estimate of drug-likeness (QED) is 0.601. The van der Waals surface area contributed by atoms with E-state index >= 15 is 0 Å². The summed E-state index contributed by atoms with van der Waals surface area (Å²) in [5, 5.41) is 0.545. The van der Waals surface area contributed by atoms with E-state index in [9.17, 15) is 0 Å². The normalized spacial score (nSPS) is 19.8. The minimum Gasteiger partial charge on any atom is -0.241 e. The van der Waals surface area contributed by atoms with E-state index in [0.29, 0.717) is 10.6 Å². The molecular formula is C8H9ClN2. The first-order chi connectivity index (χ1) is 5.21. The second-order valence-corrected chi connectivity index (χ2v) is 3.67. The Morgan fingerprint density at radius 2 is 2.18 bits per heavy atom. The van der Waals surface area contributed by atoms with Gasteiger partial charge in [-0.15, -0.1) is 0 Å². The highest BCUT2D eigenvalue weighted by Gasteiger charge is 2.40. The average molecular weight is 169 g/mol. The molecule has 0 saturated heterocycles. The van der Waals surface area contributed by atoms with Gasteiger partial charge in [-0.3, -0.25) is 0 Å². The fraction of sp³-hybridized carbons (Fsp3) is 0.500. The molecule has 1 aromatic heterocycles. The van der Waals surface area contributed by atoms with Crippen molar-refractivity contribution in [1.82, 2.24) is 9.97 Å². The van der Waals surface area contributed by atoms with Crippen LogP contribution in [0.2, 0.25) is 5.15 Å². The third-order valence-electron chi connectivity index (χ3n) is 2.25. The predicted octanol–water partition coefficient (Wildman–Crippen LogP) is 2.18. The largest absolute Gasteiger partial charge is 0.241 e. The van der Waals surface area contributed by atoms with E-state index in [1.807, 2.05) is 6.07 Å². The van der Waals surface area contributed by atoms with E-state index in [1.165, 1.54) is 19.2 Å². The zero-order valence-electron chi connectivity index (χ0n) is 6.34. The number of hydrogen-bond acceptors (Lipinski definition) is 2. The number of hydrogen-bond donors (Lipinski definition) is 0. The maximum atomic E-state index is 5.73. The Labute approximate surface area is 70.6 Å². The molecule has 0 aromatic carbocycles. The fourth-order valence-electron chi connectivity index (χ4n) is 1.11. The predicted molar refractivity (Wildman–Crippen MR) is 43.6 cm³/mol. The van der Waals surface area contributed by atoms with Crippen LogP contribution in [0.15, 0.2) is 12.4 Å². The van der Waals surface area contributed by atoms with Crippen molar-refractivity contribution < 1.29 is 0 Å². The zero-order chi connectivity index (χ0) is 7.90. The van der Waals surface area contributed by atoms with Crippen LogP contribution in [0.3, 0.4) is 0 Å². The molecule has 1 aliphatic rings. The monoisotopic (exact) mass is 168 g/mol. The van der Waals surface area contributed by atoms with Gasteiger partial charge < -0.3 is 0 Å². The van der Waals surface area contributed by atoms with E-state index in [0.717, 1.165) is 5.69 Å². The van der Waals surface area contributed by atoms with Crippen molar-refractivity contribution >= 4 is 11.6 Å². The summed E-state index contributed by atoms with van der Waals surface area (Å²) in [6.45, 7) is 2.20. The Balaban J connectivity index is 2.38. The third-order valence-corrected chi connectivity index (χ3v) is 2.46. The van der Waals surface area contributed by atoms with Crippen molar-refractivity contribution in [2.24, 2.45) is 0 Å². The first-order valence-electron chi connectivity index (χ1n) is 3.69. The zero-order valence-corrected chi connectivity index (χ0v) is 7.10. The van der Waals surface area contributed by atoms with E-state index in [4.69, 9.17) is 11.6 Å². The Morgan fingerprint density at radius 3 is 2.73 bits per heavy atom. The molecule has 1 aromatic rings. The van der Waals surface area contributed by atoms with Gasteiger partial charge in [-0.1, -0.05) is 18.5 Å². The van der Waals surface area contributed by atoms with Crippen LogP contribution in [0.25, 0.3) is 0 Å². The van der Waals surface area contributed by atoms with Crippen molar-refractivity contribution in [2.75, 3.05) is 0 Å². The van der Waals surface area contributed by atoms with Gasteiger partial charge >= 0.3 is 0 Å². The highest BCUT2D eigenvalue weighted by atomic mass is 35.5. The first kappa shape index (κ1) is 7.04. The molecule has 1 aliphatic carbocycles. The maximum absolute atomic E-state index is 5.73. The van der Waals surface area contributed by atoms with Gasteiger partial charge in [0.1, 0.15) is 11.5 Å². The summed E-state index contributed by atoms with van der Waals surface area (Å²) < 4.78 is 0. The Morgan fingerprint density at radius 1 is 1.45 bits per heavy atom. The Bertz CT molecular complexity index is 281. The molecule has 0 atom stereocenters. The molecule has 2 nitrogen and oxygen atoms in total.